The molecular weight excluding hydrogens is 302 g/mol. The number of pyridine rings is 1. The first-order chi connectivity index (χ1) is 9.09. The van der Waals surface area contributed by atoms with Gasteiger partial charge in [-0.2, -0.15) is 4.31 Å². The molecule has 1 aliphatic rings. The monoisotopic (exact) mass is 321 g/mol. The Hall–Kier alpha value is -0.890. The second-order valence-corrected chi connectivity index (χ2v) is 6.43. The molecule has 0 radical (unpaired) electrons. The first kappa shape index (κ1) is 17.2. The van der Waals surface area contributed by atoms with Crippen LogP contribution in [0.3, 0.4) is 0 Å². The molecule has 2 rings (SSSR count). The zero-order chi connectivity index (χ0) is 13.9. The number of hydrogen-bond donors (Lipinski definition) is 1. The molecule has 0 aromatic carbocycles. The Morgan fingerprint density at radius 2 is 2.20 bits per heavy atom. The van der Waals surface area contributed by atoms with E-state index in [-0.39, 0.29) is 23.3 Å². The number of ether oxygens (including phenoxy) is 1. The molecule has 114 valence electrons. The van der Waals surface area contributed by atoms with Crippen molar-refractivity contribution in [3.8, 4) is 5.88 Å². The Bertz CT molecular complexity index is 521. The van der Waals surface area contributed by atoms with Crippen molar-refractivity contribution >= 4 is 22.4 Å². The van der Waals surface area contributed by atoms with Gasteiger partial charge in [-0.3, -0.25) is 0 Å². The fraction of sp³-hybridized carbons (Fsp3) is 0.583. The van der Waals surface area contributed by atoms with E-state index in [0.29, 0.717) is 19.0 Å². The molecule has 0 bridgehead atoms. The van der Waals surface area contributed by atoms with Crippen LogP contribution in [-0.2, 0) is 10.0 Å². The van der Waals surface area contributed by atoms with Gasteiger partial charge in [0.05, 0.1) is 13.3 Å². The molecule has 1 unspecified atom stereocenters. The van der Waals surface area contributed by atoms with Crippen molar-refractivity contribution in [1.82, 2.24) is 9.29 Å². The molecule has 0 spiro atoms. The van der Waals surface area contributed by atoms with Crippen LogP contribution in [-0.4, -0.2) is 43.9 Å². The molecule has 20 heavy (non-hydrogen) atoms. The molecule has 1 aliphatic heterocycles. The van der Waals surface area contributed by atoms with E-state index in [1.807, 2.05) is 0 Å². The number of nitrogens with two attached hydrogens (primary N) is 1. The molecule has 2 heterocycles. The highest BCUT2D eigenvalue weighted by atomic mass is 35.5. The number of aromatic nitrogens is 1. The molecule has 0 saturated carbocycles. The number of piperidine rings is 1. The standard InChI is InChI=1S/C12H19N3O3S.ClH/c1-18-12-6-5-11(9-14-12)19(16,17)15-7-3-2-4-10(15)8-13;/h5-6,9-10H,2-4,7-8,13H2,1H3;1H. The van der Waals surface area contributed by atoms with E-state index in [9.17, 15) is 8.42 Å². The highest BCUT2D eigenvalue weighted by Gasteiger charge is 2.32. The van der Waals surface area contributed by atoms with Crippen molar-refractivity contribution in [2.24, 2.45) is 5.73 Å². The second kappa shape index (κ2) is 7.21. The first-order valence-corrected chi connectivity index (χ1v) is 7.75. The predicted molar refractivity (Wildman–Crippen MR) is 78.6 cm³/mol. The first-order valence-electron chi connectivity index (χ1n) is 6.31. The molecule has 1 aromatic heterocycles. The fourth-order valence-electron chi connectivity index (χ4n) is 2.30. The van der Waals surface area contributed by atoms with E-state index in [2.05, 4.69) is 4.98 Å². The van der Waals surface area contributed by atoms with Crippen LogP contribution < -0.4 is 10.5 Å². The van der Waals surface area contributed by atoms with E-state index < -0.39 is 10.0 Å². The van der Waals surface area contributed by atoms with Crippen LogP contribution in [0.15, 0.2) is 23.2 Å². The fourth-order valence-corrected chi connectivity index (χ4v) is 3.95. The number of halogens is 1. The van der Waals surface area contributed by atoms with Crippen LogP contribution >= 0.6 is 12.4 Å². The summed E-state index contributed by atoms with van der Waals surface area (Å²) in [5.41, 5.74) is 5.67. The Balaban J connectivity index is 0.00000200. The molecule has 0 aliphatic carbocycles. The lowest BCUT2D eigenvalue weighted by atomic mass is 10.1. The Morgan fingerprint density at radius 1 is 1.45 bits per heavy atom. The lowest BCUT2D eigenvalue weighted by Gasteiger charge is -2.33. The molecule has 6 nitrogen and oxygen atoms in total. The van der Waals surface area contributed by atoms with E-state index in [4.69, 9.17) is 10.5 Å². The zero-order valence-electron chi connectivity index (χ0n) is 11.4. The van der Waals surface area contributed by atoms with Crippen LogP contribution in [0, 0.1) is 0 Å². The van der Waals surface area contributed by atoms with Gasteiger partial charge in [-0.1, -0.05) is 6.42 Å². The van der Waals surface area contributed by atoms with Crippen molar-refractivity contribution in [3.63, 3.8) is 0 Å². The lowest BCUT2D eigenvalue weighted by molar-refractivity contribution is 0.257. The van der Waals surface area contributed by atoms with Crippen LogP contribution in [0.1, 0.15) is 19.3 Å². The van der Waals surface area contributed by atoms with Crippen molar-refractivity contribution in [2.45, 2.75) is 30.2 Å². The smallest absolute Gasteiger partial charge is 0.244 e. The SMILES string of the molecule is COc1ccc(S(=O)(=O)N2CCCCC2CN)cn1.Cl. The van der Waals surface area contributed by atoms with Gasteiger partial charge in [0.15, 0.2) is 0 Å². The van der Waals surface area contributed by atoms with Gasteiger partial charge >= 0.3 is 0 Å². The number of hydrogen-bond acceptors (Lipinski definition) is 5. The Labute approximate surface area is 125 Å². The Kier molecular flexibility index (Phi) is 6.19. The van der Waals surface area contributed by atoms with Gasteiger partial charge in [0.2, 0.25) is 15.9 Å². The topological polar surface area (TPSA) is 85.5 Å². The normalized spacial score (nSPS) is 20.2. The van der Waals surface area contributed by atoms with Gasteiger partial charge in [0, 0.05) is 25.2 Å². The molecule has 1 atom stereocenters. The van der Waals surface area contributed by atoms with Crippen LogP contribution in [0.25, 0.3) is 0 Å². The summed E-state index contributed by atoms with van der Waals surface area (Å²) in [6, 6.07) is 2.96. The number of sulfonamides is 1. The average Bonchev–Trinajstić information content (AvgIpc) is 2.47. The van der Waals surface area contributed by atoms with E-state index in [1.165, 1.54) is 23.7 Å². The number of nitrogens with zero attached hydrogens (tertiary/aromatic N) is 2. The summed E-state index contributed by atoms with van der Waals surface area (Å²) >= 11 is 0. The van der Waals surface area contributed by atoms with Gasteiger partial charge in [0.1, 0.15) is 4.90 Å². The number of methoxy groups -OCH3 is 1. The van der Waals surface area contributed by atoms with Gasteiger partial charge in [0.25, 0.3) is 0 Å². The van der Waals surface area contributed by atoms with Crippen LogP contribution in [0.5, 0.6) is 5.88 Å². The highest BCUT2D eigenvalue weighted by molar-refractivity contribution is 7.89. The van der Waals surface area contributed by atoms with E-state index in [0.717, 1.165) is 19.3 Å². The molecule has 2 N–H and O–H groups in total. The van der Waals surface area contributed by atoms with E-state index >= 15 is 0 Å². The maximum Gasteiger partial charge on any atom is 0.244 e. The maximum atomic E-state index is 12.5. The lowest BCUT2D eigenvalue weighted by Crippen LogP contribution is -2.47. The third kappa shape index (κ3) is 3.41. The molecule has 1 aromatic rings. The van der Waals surface area contributed by atoms with Crippen LogP contribution in [0.2, 0.25) is 0 Å². The average molecular weight is 322 g/mol. The summed E-state index contributed by atoms with van der Waals surface area (Å²) in [5, 5.41) is 0. The van der Waals surface area contributed by atoms with Gasteiger partial charge in [-0.05, 0) is 18.9 Å². The van der Waals surface area contributed by atoms with Crippen molar-refractivity contribution < 1.29 is 13.2 Å². The number of rotatable bonds is 4. The molecule has 0 amide bonds. The molecular formula is C12H20ClN3O3S. The van der Waals surface area contributed by atoms with Gasteiger partial charge < -0.3 is 10.5 Å². The van der Waals surface area contributed by atoms with Gasteiger partial charge in [-0.15, -0.1) is 12.4 Å². The summed E-state index contributed by atoms with van der Waals surface area (Å²) in [4.78, 5) is 4.14. The zero-order valence-corrected chi connectivity index (χ0v) is 13.0. The second-order valence-electron chi connectivity index (χ2n) is 4.54. The summed E-state index contributed by atoms with van der Waals surface area (Å²) in [6.45, 7) is 0.874. The van der Waals surface area contributed by atoms with Crippen LogP contribution in [0.4, 0.5) is 0 Å². The predicted octanol–water partition coefficient (Wildman–Crippen LogP) is 1.01. The minimum absolute atomic E-state index is 0. The minimum atomic E-state index is -3.51. The summed E-state index contributed by atoms with van der Waals surface area (Å²) in [5.74, 6) is 0.396. The van der Waals surface area contributed by atoms with Crippen molar-refractivity contribution in [3.05, 3.63) is 18.3 Å². The highest BCUT2D eigenvalue weighted by Crippen LogP contribution is 2.25. The molecule has 1 saturated heterocycles. The molecule has 8 heteroatoms. The summed E-state index contributed by atoms with van der Waals surface area (Å²) in [6.07, 6.45) is 4.05. The minimum Gasteiger partial charge on any atom is -0.481 e. The molecule has 1 fully saturated rings. The third-order valence-electron chi connectivity index (χ3n) is 3.37. The summed E-state index contributed by atoms with van der Waals surface area (Å²) in [7, 11) is -2.02. The van der Waals surface area contributed by atoms with Gasteiger partial charge in [-0.25, -0.2) is 13.4 Å². The summed E-state index contributed by atoms with van der Waals surface area (Å²) < 4.78 is 31.5. The Morgan fingerprint density at radius 3 is 2.75 bits per heavy atom. The quantitative estimate of drug-likeness (QED) is 0.894. The van der Waals surface area contributed by atoms with Crippen molar-refractivity contribution in [2.75, 3.05) is 20.2 Å². The largest absolute Gasteiger partial charge is 0.481 e. The van der Waals surface area contributed by atoms with E-state index in [1.54, 1.807) is 6.07 Å². The van der Waals surface area contributed by atoms with Crippen molar-refractivity contribution in [1.29, 1.82) is 0 Å². The third-order valence-corrected chi connectivity index (χ3v) is 5.31. The maximum absolute atomic E-state index is 12.5.